The van der Waals surface area contributed by atoms with Gasteiger partial charge in [-0.15, -0.1) is 0 Å². The molecule has 2 aromatic carbocycles. The molecule has 1 aliphatic carbocycles. The Morgan fingerprint density at radius 1 is 1.03 bits per heavy atom. The monoisotopic (exact) mass is 461 g/mol. The average molecular weight is 462 g/mol. The molecule has 0 bridgehead atoms. The molecule has 1 heterocycles. The molecule has 0 spiro atoms. The van der Waals surface area contributed by atoms with Crippen molar-refractivity contribution >= 4 is 11.3 Å². The van der Waals surface area contributed by atoms with Crippen LogP contribution in [0.1, 0.15) is 50.7 Å². The smallest absolute Gasteiger partial charge is 0.181 e. The highest BCUT2D eigenvalue weighted by molar-refractivity contribution is 5.92. The van der Waals surface area contributed by atoms with Gasteiger partial charge in [-0.3, -0.25) is 0 Å². The lowest BCUT2D eigenvalue weighted by Crippen LogP contribution is -3.14. The summed E-state index contributed by atoms with van der Waals surface area (Å²) in [6.45, 7) is 12.7. The minimum atomic E-state index is -1.00. The summed E-state index contributed by atoms with van der Waals surface area (Å²) in [4.78, 5) is 3.81. The fraction of sp³-hybridized carbons (Fsp3) is 0.379. The number of hydrogen-bond acceptors (Lipinski definition) is 4. The van der Waals surface area contributed by atoms with Crippen LogP contribution in [-0.4, -0.2) is 44.4 Å². The SMILES string of the molecule is CCN(CC)c1ccc2c(c1)OC1=CC([NH+](CC)CC)C=CC1=C2c1ccccc1C(O)OC. The second-order valence-electron chi connectivity index (χ2n) is 8.70. The van der Waals surface area contributed by atoms with E-state index in [1.54, 1.807) is 0 Å². The summed E-state index contributed by atoms with van der Waals surface area (Å²) in [7, 11) is 1.52. The zero-order chi connectivity index (χ0) is 24.2. The van der Waals surface area contributed by atoms with Gasteiger partial charge in [-0.1, -0.05) is 24.3 Å². The van der Waals surface area contributed by atoms with Crippen LogP contribution in [0.15, 0.2) is 72.0 Å². The number of aliphatic hydroxyl groups excluding tert-OH is 1. The number of nitrogens with zero attached hydrogens (tertiary/aromatic N) is 1. The predicted octanol–water partition coefficient (Wildman–Crippen LogP) is 4.11. The van der Waals surface area contributed by atoms with Crippen molar-refractivity contribution in [2.45, 2.75) is 40.0 Å². The number of benzene rings is 2. The maximum Gasteiger partial charge on any atom is 0.181 e. The molecule has 4 rings (SSSR count). The number of quaternary nitrogens is 1. The first-order valence-corrected chi connectivity index (χ1v) is 12.4. The summed E-state index contributed by atoms with van der Waals surface area (Å²) < 4.78 is 11.9. The van der Waals surface area contributed by atoms with Crippen molar-refractivity contribution in [3.05, 3.63) is 88.7 Å². The summed E-state index contributed by atoms with van der Waals surface area (Å²) >= 11 is 0. The number of fused-ring (bicyclic) bond motifs is 2. The van der Waals surface area contributed by atoms with Gasteiger partial charge in [0, 0.05) is 60.3 Å². The molecular weight excluding hydrogens is 424 g/mol. The third-order valence-electron chi connectivity index (χ3n) is 7.02. The Bertz CT molecular complexity index is 1110. The van der Waals surface area contributed by atoms with E-state index in [-0.39, 0.29) is 6.04 Å². The van der Waals surface area contributed by atoms with Gasteiger partial charge >= 0.3 is 0 Å². The van der Waals surface area contributed by atoms with E-state index in [0.717, 1.165) is 71.2 Å². The molecule has 2 atom stereocenters. The molecule has 2 unspecified atom stereocenters. The third-order valence-corrected chi connectivity index (χ3v) is 7.02. The van der Waals surface area contributed by atoms with Gasteiger partial charge in [0.05, 0.1) is 13.1 Å². The normalized spacial score (nSPS) is 17.7. The van der Waals surface area contributed by atoms with Crippen LogP contribution >= 0.6 is 0 Å². The van der Waals surface area contributed by atoms with Crippen molar-refractivity contribution in [3.63, 3.8) is 0 Å². The van der Waals surface area contributed by atoms with Gasteiger partial charge in [0.1, 0.15) is 17.6 Å². The zero-order valence-electron chi connectivity index (χ0n) is 21.0. The third kappa shape index (κ3) is 4.43. The zero-order valence-corrected chi connectivity index (χ0v) is 21.0. The highest BCUT2D eigenvalue weighted by Crippen LogP contribution is 2.45. The topological polar surface area (TPSA) is 46.4 Å². The van der Waals surface area contributed by atoms with Crippen molar-refractivity contribution in [1.29, 1.82) is 0 Å². The number of ether oxygens (including phenoxy) is 2. The minimum Gasteiger partial charge on any atom is -0.456 e. The van der Waals surface area contributed by atoms with E-state index in [1.807, 2.05) is 18.2 Å². The van der Waals surface area contributed by atoms with E-state index >= 15 is 0 Å². The van der Waals surface area contributed by atoms with Crippen molar-refractivity contribution < 1.29 is 19.5 Å². The Hall–Kier alpha value is -2.86. The first kappa shape index (κ1) is 24.3. The van der Waals surface area contributed by atoms with Crippen LogP contribution in [0.3, 0.4) is 0 Å². The molecule has 34 heavy (non-hydrogen) atoms. The number of nitrogens with one attached hydrogen (secondary N) is 1. The Kier molecular flexibility index (Phi) is 7.57. The van der Waals surface area contributed by atoms with E-state index in [2.05, 4.69) is 75.1 Å². The van der Waals surface area contributed by atoms with Gasteiger partial charge in [-0.2, -0.15) is 0 Å². The van der Waals surface area contributed by atoms with E-state index in [4.69, 9.17) is 9.47 Å². The van der Waals surface area contributed by atoms with E-state index in [9.17, 15) is 5.11 Å². The minimum absolute atomic E-state index is 0.266. The summed E-state index contributed by atoms with van der Waals surface area (Å²) in [6.07, 6.45) is 5.71. The summed E-state index contributed by atoms with van der Waals surface area (Å²) in [5, 5.41) is 10.6. The Balaban J connectivity index is 1.93. The summed E-state index contributed by atoms with van der Waals surface area (Å²) in [6, 6.07) is 14.6. The fourth-order valence-corrected chi connectivity index (χ4v) is 5.07. The van der Waals surface area contributed by atoms with E-state index in [1.165, 1.54) is 12.0 Å². The standard InChI is InChI=1S/C29H36N2O3/c1-6-30(7-2)20-14-16-24-26(18-20)34-27-19-21(31(8-3)9-4)15-17-25(27)28(24)22-12-10-11-13-23(22)29(32)33-5/h10-20,29,32H,6-9H2,1-5H3/p+1. The van der Waals surface area contributed by atoms with Crippen LogP contribution in [0, 0.1) is 0 Å². The molecule has 2 N–H and O–H groups in total. The molecule has 0 radical (unpaired) electrons. The highest BCUT2D eigenvalue weighted by Gasteiger charge is 2.31. The predicted molar refractivity (Wildman–Crippen MR) is 138 cm³/mol. The summed E-state index contributed by atoms with van der Waals surface area (Å²) in [5.74, 6) is 1.73. The van der Waals surface area contributed by atoms with Crippen LogP contribution < -0.4 is 14.5 Å². The molecule has 0 saturated carbocycles. The molecule has 1 aliphatic heterocycles. The van der Waals surface area contributed by atoms with E-state index in [0.29, 0.717) is 0 Å². The molecule has 0 amide bonds. The lowest BCUT2D eigenvalue weighted by Gasteiger charge is -2.32. The molecule has 5 nitrogen and oxygen atoms in total. The van der Waals surface area contributed by atoms with Gasteiger partial charge in [0.25, 0.3) is 0 Å². The Morgan fingerprint density at radius 3 is 2.44 bits per heavy atom. The number of anilines is 1. The van der Waals surface area contributed by atoms with Gasteiger partial charge in [0.15, 0.2) is 6.29 Å². The molecule has 0 aromatic heterocycles. The van der Waals surface area contributed by atoms with Gasteiger partial charge in [-0.05, 0) is 57.5 Å². The Labute approximate surface area is 203 Å². The average Bonchev–Trinajstić information content (AvgIpc) is 2.88. The van der Waals surface area contributed by atoms with Crippen LogP contribution in [0.2, 0.25) is 0 Å². The number of aliphatic hydroxyl groups is 1. The molecule has 5 heteroatoms. The lowest BCUT2D eigenvalue weighted by atomic mass is 9.84. The van der Waals surface area contributed by atoms with Crippen molar-refractivity contribution in [3.8, 4) is 5.75 Å². The number of likely N-dealkylation sites (N-methyl/N-ethyl adjacent to an activating group) is 1. The molecule has 180 valence electrons. The molecular formula is C29H37N2O3+. The quantitative estimate of drug-likeness (QED) is 0.552. The fourth-order valence-electron chi connectivity index (χ4n) is 5.07. The second-order valence-corrected chi connectivity index (χ2v) is 8.70. The van der Waals surface area contributed by atoms with Gasteiger partial charge in [0.2, 0.25) is 0 Å². The van der Waals surface area contributed by atoms with Crippen LogP contribution in [-0.2, 0) is 4.74 Å². The van der Waals surface area contributed by atoms with Gasteiger partial charge in [-0.25, -0.2) is 0 Å². The number of allylic oxidation sites excluding steroid dienone is 1. The first-order valence-electron chi connectivity index (χ1n) is 12.4. The van der Waals surface area contributed by atoms with Crippen LogP contribution in [0.5, 0.6) is 5.75 Å². The van der Waals surface area contributed by atoms with E-state index < -0.39 is 6.29 Å². The Morgan fingerprint density at radius 2 is 1.76 bits per heavy atom. The molecule has 2 aliphatic rings. The summed E-state index contributed by atoms with van der Waals surface area (Å²) in [5.41, 5.74) is 5.98. The highest BCUT2D eigenvalue weighted by atomic mass is 16.6. The molecule has 2 aromatic rings. The van der Waals surface area contributed by atoms with Crippen molar-refractivity contribution in [2.75, 3.05) is 38.2 Å². The number of hydrogen-bond donors (Lipinski definition) is 2. The van der Waals surface area contributed by atoms with Crippen LogP contribution in [0.4, 0.5) is 5.69 Å². The second kappa shape index (κ2) is 10.6. The number of methoxy groups -OCH3 is 1. The van der Waals surface area contributed by atoms with Crippen LogP contribution in [0.25, 0.3) is 5.57 Å². The lowest BCUT2D eigenvalue weighted by molar-refractivity contribution is -0.908. The maximum absolute atomic E-state index is 10.6. The van der Waals surface area contributed by atoms with Crippen molar-refractivity contribution in [2.24, 2.45) is 0 Å². The van der Waals surface area contributed by atoms with Gasteiger partial charge < -0.3 is 24.4 Å². The maximum atomic E-state index is 10.6. The largest absolute Gasteiger partial charge is 0.456 e. The molecule has 0 fully saturated rings. The number of rotatable bonds is 9. The first-order chi connectivity index (χ1) is 16.6. The van der Waals surface area contributed by atoms with Crippen molar-refractivity contribution in [1.82, 2.24) is 0 Å². The molecule has 0 saturated heterocycles.